The van der Waals surface area contributed by atoms with Crippen LogP contribution in [0.5, 0.6) is 11.5 Å². The number of hydrogen-bond acceptors (Lipinski definition) is 4. The molecule has 0 spiro atoms. The molecule has 1 aliphatic carbocycles. The van der Waals surface area contributed by atoms with Crippen molar-refractivity contribution in [2.45, 2.75) is 32.4 Å². The van der Waals surface area contributed by atoms with Gasteiger partial charge in [0, 0.05) is 17.6 Å². The third kappa shape index (κ3) is 6.86. The van der Waals surface area contributed by atoms with Gasteiger partial charge in [-0.15, -0.1) is 0 Å². The van der Waals surface area contributed by atoms with E-state index in [1.807, 2.05) is 37.3 Å². The molecular weight excluding hydrogens is 450 g/mol. The molecule has 0 bridgehead atoms. The Morgan fingerprint density at radius 3 is 2.32 bits per heavy atom. The number of ether oxygens (including phenoxy) is 2. The van der Waals surface area contributed by atoms with Gasteiger partial charge in [0.2, 0.25) is 0 Å². The summed E-state index contributed by atoms with van der Waals surface area (Å²) < 4.78 is 11.3. The number of aryl methyl sites for hydroxylation is 1. The van der Waals surface area contributed by atoms with E-state index in [0.29, 0.717) is 29.2 Å². The second-order valence-corrected chi connectivity index (χ2v) is 8.83. The third-order valence-corrected chi connectivity index (χ3v) is 5.88. The number of benzene rings is 3. The van der Waals surface area contributed by atoms with E-state index in [1.54, 1.807) is 12.1 Å². The fourth-order valence-electron chi connectivity index (χ4n) is 3.62. The van der Waals surface area contributed by atoms with E-state index in [2.05, 4.69) is 35.7 Å². The second kappa shape index (κ2) is 11.2. The summed E-state index contributed by atoms with van der Waals surface area (Å²) in [6.45, 7) is 2.75. The van der Waals surface area contributed by atoms with E-state index in [4.69, 9.17) is 26.2 Å². The Morgan fingerprint density at radius 1 is 1.03 bits per heavy atom. The minimum atomic E-state index is -1.01. The number of rotatable bonds is 11. The first-order chi connectivity index (χ1) is 16.5. The molecule has 4 rings (SSSR count). The summed E-state index contributed by atoms with van der Waals surface area (Å²) >= 11 is 6.11. The highest BCUT2D eigenvalue weighted by atomic mass is 35.5. The average Bonchev–Trinajstić information content (AvgIpc) is 3.66. The highest BCUT2D eigenvalue weighted by Crippen LogP contribution is 2.27. The number of carbonyl (C=O) groups is 1. The average molecular weight is 478 g/mol. The van der Waals surface area contributed by atoms with Crippen molar-refractivity contribution in [2.24, 2.45) is 0 Å². The maximum absolute atomic E-state index is 10.7. The summed E-state index contributed by atoms with van der Waals surface area (Å²) in [5, 5.41) is 13.0. The van der Waals surface area contributed by atoms with Crippen LogP contribution in [-0.4, -0.2) is 30.3 Å². The summed E-state index contributed by atoms with van der Waals surface area (Å²) in [5.41, 5.74) is 5.32. The van der Waals surface area contributed by atoms with Gasteiger partial charge in [0.15, 0.2) is 6.61 Å². The first-order valence-corrected chi connectivity index (χ1v) is 11.7. The number of carboxylic acids is 1. The van der Waals surface area contributed by atoms with Crippen molar-refractivity contribution in [3.63, 3.8) is 0 Å². The lowest BCUT2D eigenvalue weighted by Gasteiger charge is -2.12. The first kappa shape index (κ1) is 23.9. The van der Waals surface area contributed by atoms with Gasteiger partial charge in [-0.25, -0.2) is 4.79 Å². The molecule has 2 N–H and O–H groups in total. The third-order valence-electron chi connectivity index (χ3n) is 5.63. The Hall–Kier alpha value is -3.28. The largest absolute Gasteiger partial charge is 0.489 e. The van der Waals surface area contributed by atoms with E-state index in [0.717, 1.165) is 28.8 Å². The van der Waals surface area contributed by atoms with Gasteiger partial charge in [-0.3, -0.25) is 0 Å². The van der Waals surface area contributed by atoms with Gasteiger partial charge in [0.1, 0.15) is 18.1 Å². The SMILES string of the molecule is Cc1cc(OC/C=C(/c2ccc(Cl)cc2)c2ccc(CNC3CC3)cc2)ccc1OCC(=O)O. The van der Waals surface area contributed by atoms with Crippen LogP contribution in [0.4, 0.5) is 0 Å². The van der Waals surface area contributed by atoms with Crippen LogP contribution in [0, 0.1) is 6.92 Å². The molecule has 1 fully saturated rings. The van der Waals surface area contributed by atoms with E-state index in [1.165, 1.54) is 18.4 Å². The molecule has 3 aromatic rings. The molecule has 6 heteroatoms. The molecule has 0 heterocycles. The normalized spacial score (nSPS) is 13.5. The highest BCUT2D eigenvalue weighted by molar-refractivity contribution is 6.30. The number of hydrogen-bond donors (Lipinski definition) is 2. The first-order valence-electron chi connectivity index (χ1n) is 11.3. The minimum Gasteiger partial charge on any atom is -0.489 e. The smallest absolute Gasteiger partial charge is 0.341 e. The van der Waals surface area contributed by atoms with Crippen molar-refractivity contribution in [1.29, 1.82) is 0 Å². The minimum absolute atomic E-state index is 0.371. The van der Waals surface area contributed by atoms with Crippen molar-refractivity contribution in [1.82, 2.24) is 5.32 Å². The fraction of sp³-hybridized carbons (Fsp3) is 0.250. The molecule has 176 valence electrons. The molecule has 5 nitrogen and oxygen atoms in total. The maximum atomic E-state index is 10.7. The highest BCUT2D eigenvalue weighted by Gasteiger charge is 2.19. The predicted octanol–water partition coefficient (Wildman–Crippen LogP) is 5.87. The lowest BCUT2D eigenvalue weighted by Crippen LogP contribution is -2.15. The summed E-state index contributed by atoms with van der Waals surface area (Å²) in [5.74, 6) is 0.212. The molecular formula is C28H28ClNO4. The molecule has 0 radical (unpaired) electrons. The lowest BCUT2D eigenvalue weighted by atomic mass is 9.96. The molecule has 1 aliphatic rings. The maximum Gasteiger partial charge on any atom is 0.341 e. The second-order valence-electron chi connectivity index (χ2n) is 8.40. The monoisotopic (exact) mass is 477 g/mol. The van der Waals surface area contributed by atoms with Gasteiger partial charge in [-0.1, -0.05) is 48.0 Å². The summed E-state index contributed by atoms with van der Waals surface area (Å²) in [4.78, 5) is 10.7. The Kier molecular flexibility index (Phi) is 7.88. The zero-order valence-electron chi connectivity index (χ0n) is 19.1. The van der Waals surface area contributed by atoms with Crippen molar-refractivity contribution >= 4 is 23.1 Å². The number of carboxylic acid groups (broad SMARTS) is 1. The molecule has 0 aliphatic heterocycles. The molecule has 34 heavy (non-hydrogen) atoms. The van der Waals surface area contributed by atoms with Crippen LogP contribution in [0.3, 0.4) is 0 Å². The van der Waals surface area contributed by atoms with Crippen LogP contribution in [-0.2, 0) is 11.3 Å². The predicted molar refractivity (Wildman–Crippen MR) is 135 cm³/mol. The molecule has 0 saturated heterocycles. The van der Waals surface area contributed by atoms with Gasteiger partial charge in [-0.05, 0) is 84.0 Å². The van der Waals surface area contributed by atoms with E-state index < -0.39 is 5.97 Å². The summed E-state index contributed by atoms with van der Waals surface area (Å²) in [6.07, 6.45) is 4.61. The van der Waals surface area contributed by atoms with Gasteiger partial charge < -0.3 is 19.9 Å². The fourth-order valence-corrected chi connectivity index (χ4v) is 3.74. The molecule has 0 atom stereocenters. The molecule has 0 amide bonds. The quantitative estimate of drug-likeness (QED) is 0.361. The van der Waals surface area contributed by atoms with Crippen molar-refractivity contribution in [3.8, 4) is 11.5 Å². The van der Waals surface area contributed by atoms with Crippen LogP contribution in [0.25, 0.3) is 5.57 Å². The summed E-state index contributed by atoms with van der Waals surface area (Å²) in [6, 6.07) is 22.4. The topological polar surface area (TPSA) is 67.8 Å². The number of halogens is 1. The Bertz CT molecular complexity index is 1150. The van der Waals surface area contributed by atoms with Crippen LogP contribution >= 0.6 is 11.6 Å². The molecule has 1 saturated carbocycles. The van der Waals surface area contributed by atoms with E-state index >= 15 is 0 Å². The number of aliphatic carboxylic acids is 1. The van der Waals surface area contributed by atoms with Gasteiger partial charge in [-0.2, -0.15) is 0 Å². The van der Waals surface area contributed by atoms with E-state index in [9.17, 15) is 4.79 Å². The van der Waals surface area contributed by atoms with Gasteiger partial charge >= 0.3 is 5.97 Å². The summed E-state index contributed by atoms with van der Waals surface area (Å²) in [7, 11) is 0. The zero-order chi connectivity index (χ0) is 23.9. The van der Waals surface area contributed by atoms with Crippen LogP contribution in [0.1, 0.15) is 35.1 Å². The van der Waals surface area contributed by atoms with Gasteiger partial charge in [0.05, 0.1) is 0 Å². The number of nitrogens with one attached hydrogen (secondary N) is 1. The molecule has 3 aromatic carbocycles. The standard InChI is InChI=1S/C28H28ClNO4/c1-19-16-25(12-13-27(19)34-18-28(31)32)33-15-14-26(22-6-8-23(29)9-7-22)21-4-2-20(3-5-21)17-30-24-10-11-24/h2-9,12-14,16,24,30H,10-11,15,17-18H2,1H3,(H,31,32)/b26-14+. The van der Waals surface area contributed by atoms with Gasteiger partial charge in [0.25, 0.3) is 0 Å². The Balaban J connectivity index is 1.47. The zero-order valence-corrected chi connectivity index (χ0v) is 19.8. The molecule has 0 aromatic heterocycles. The van der Waals surface area contributed by atoms with Crippen molar-refractivity contribution < 1.29 is 19.4 Å². The van der Waals surface area contributed by atoms with E-state index in [-0.39, 0.29) is 6.61 Å². The van der Waals surface area contributed by atoms with Crippen LogP contribution in [0.15, 0.2) is 72.8 Å². The van der Waals surface area contributed by atoms with Crippen molar-refractivity contribution in [2.75, 3.05) is 13.2 Å². The Labute approximate surface area is 205 Å². The van der Waals surface area contributed by atoms with Crippen molar-refractivity contribution in [3.05, 3.63) is 100 Å². The van der Waals surface area contributed by atoms with Crippen LogP contribution < -0.4 is 14.8 Å². The van der Waals surface area contributed by atoms with Crippen LogP contribution in [0.2, 0.25) is 5.02 Å². The molecule has 0 unspecified atom stereocenters. The Morgan fingerprint density at radius 2 is 1.71 bits per heavy atom. The lowest BCUT2D eigenvalue weighted by molar-refractivity contribution is -0.139.